The summed E-state index contributed by atoms with van der Waals surface area (Å²) in [6.45, 7) is 6.74. The number of amides is 2. The van der Waals surface area contributed by atoms with E-state index < -0.39 is 5.91 Å². The first-order chi connectivity index (χ1) is 13.0. The van der Waals surface area contributed by atoms with Gasteiger partial charge in [0.2, 0.25) is 17.7 Å². The van der Waals surface area contributed by atoms with Crippen LogP contribution in [0.15, 0.2) is 48.8 Å². The number of ether oxygens (including phenoxy) is 1. The van der Waals surface area contributed by atoms with Crippen LogP contribution in [0.4, 0.5) is 0 Å². The quantitative estimate of drug-likeness (QED) is 0.820. The van der Waals surface area contributed by atoms with Gasteiger partial charge in [0, 0.05) is 42.5 Å². The van der Waals surface area contributed by atoms with Gasteiger partial charge in [-0.3, -0.25) is 14.6 Å². The molecule has 2 aromatic rings. The lowest BCUT2D eigenvalue weighted by molar-refractivity contribution is -0.128. The fourth-order valence-corrected chi connectivity index (χ4v) is 3.15. The largest absolute Gasteiger partial charge is 0.437 e. The van der Waals surface area contributed by atoms with Crippen LogP contribution in [0, 0.1) is 0 Å². The van der Waals surface area contributed by atoms with Crippen molar-refractivity contribution in [1.29, 1.82) is 0 Å². The highest BCUT2D eigenvalue weighted by Crippen LogP contribution is 2.33. The molecule has 1 unspecified atom stereocenters. The number of rotatable bonds is 5. The molecular formula is C20H22N4O3. The predicted octanol–water partition coefficient (Wildman–Crippen LogP) is 2.65. The van der Waals surface area contributed by atoms with Gasteiger partial charge in [-0.25, -0.2) is 4.98 Å². The zero-order chi connectivity index (χ0) is 19.4. The molecule has 1 aromatic carbocycles. The van der Waals surface area contributed by atoms with Crippen LogP contribution < -0.4 is 10.5 Å². The van der Waals surface area contributed by atoms with E-state index in [1.165, 1.54) is 0 Å². The number of aromatic nitrogens is 2. The van der Waals surface area contributed by atoms with Crippen LogP contribution >= 0.6 is 0 Å². The molecule has 3 rings (SSSR count). The number of primary amides is 1. The number of carbonyl (C=O) groups is 2. The van der Waals surface area contributed by atoms with Gasteiger partial charge >= 0.3 is 0 Å². The predicted molar refractivity (Wildman–Crippen MR) is 100 cm³/mol. The first-order valence-electron chi connectivity index (χ1n) is 8.79. The molecule has 0 radical (unpaired) electrons. The summed E-state index contributed by atoms with van der Waals surface area (Å²) in [7, 11) is 0. The molecule has 0 aliphatic carbocycles. The topological polar surface area (TPSA) is 98.4 Å². The first kappa shape index (κ1) is 18.6. The van der Waals surface area contributed by atoms with E-state index in [0.717, 1.165) is 18.5 Å². The number of hydrogen-bond donors (Lipinski definition) is 1. The molecule has 27 heavy (non-hydrogen) atoms. The summed E-state index contributed by atoms with van der Waals surface area (Å²) < 4.78 is 5.89. The second-order valence-corrected chi connectivity index (χ2v) is 6.61. The molecule has 7 heteroatoms. The Kier molecular flexibility index (Phi) is 5.49. The minimum atomic E-state index is -0.494. The van der Waals surface area contributed by atoms with Crippen molar-refractivity contribution < 1.29 is 14.3 Å². The number of benzene rings is 1. The number of hydrogen-bond acceptors (Lipinski definition) is 5. The van der Waals surface area contributed by atoms with Gasteiger partial charge in [-0.05, 0) is 44.0 Å². The Morgan fingerprint density at radius 2 is 1.93 bits per heavy atom. The molecule has 140 valence electrons. The highest BCUT2D eigenvalue weighted by Gasteiger charge is 2.28. The number of nitrogens with two attached hydrogens (primary N) is 1. The van der Waals surface area contributed by atoms with Crippen molar-refractivity contribution in [3.8, 4) is 11.6 Å². The molecule has 2 amide bonds. The normalized spacial score (nSPS) is 16.6. The van der Waals surface area contributed by atoms with Crippen molar-refractivity contribution >= 4 is 11.8 Å². The molecule has 7 nitrogen and oxygen atoms in total. The Labute approximate surface area is 157 Å². The Hall–Kier alpha value is -3.22. The minimum Gasteiger partial charge on any atom is -0.437 e. The lowest BCUT2D eigenvalue weighted by atomic mass is 9.94. The van der Waals surface area contributed by atoms with Crippen molar-refractivity contribution in [3.63, 3.8) is 0 Å². The standard InChI is InChI=1S/C20H22N4O3/c1-13(2)20(26)24-11-3-4-15(12-24)17-19(23-10-9-22-17)27-16-7-5-14(6-8-16)18(21)25/h5-10,15H,1,3-4,11-12H2,2H3,(H2,21,25). The second kappa shape index (κ2) is 7.99. The van der Waals surface area contributed by atoms with E-state index in [1.807, 2.05) is 0 Å². The zero-order valence-electron chi connectivity index (χ0n) is 15.2. The van der Waals surface area contributed by atoms with Crippen LogP contribution in [-0.2, 0) is 4.79 Å². The van der Waals surface area contributed by atoms with Crippen LogP contribution in [0.3, 0.4) is 0 Å². The molecule has 1 atom stereocenters. The molecule has 0 bridgehead atoms. The van der Waals surface area contributed by atoms with E-state index in [9.17, 15) is 9.59 Å². The third kappa shape index (κ3) is 4.31. The van der Waals surface area contributed by atoms with E-state index >= 15 is 0 Å². The number of carbonyl (C=O) groups excluding carboxylic acids is 2. The van der Waals surface area contributed by atoms with Gasteiger partial charge in [0.15, 0.2) is 0 Å². The lowest BCUT2D eigenvalue weighted by Crippen LogP contribution is -2.39. The summed E-state index contributed by atoms with van der Waals surface area (Å²) in [5.41, 5.74) is 6.91. The Morgan fingerprint density at radius 1 is 1.22 bits per heavy atom. The van der Waals surface area contributed by atoms with Crippen molar-refractivity contribution in [2.75, 3.05) is 13.1 Å². The van der Waals surface area contributed by atoms with Crippen molar-refractivity contribution in [2.45, 2.75) is 25.7 Å². The Balaban J connectivity index is 1.80. The molecular weight excluding hydrogens is 344 g/mol. The second-order valence-electron chi connectivity index (χ2n) is 6.61. The molecule has 1 aromatic heterocycles. The molecule has 1 saturated heterocycles. The highest BCUT2D eigenvalue weighted by molar-refractivity contribution is 5.93. The Bertz CT molecular complexity index is 864. The van der Waals surface area contributed by atoms with Crippen molar-refractivity contribution in [1.82, 2.24) is 14.9 Å². The van der Waals surface area contributed by atoms with Crippen LogP contribution in [0.25, 0.3) is 0 Å². The third-order valence-electron chi connectivity index (χ3n) is 4.50. The third-order valence-corrected chi connectivity index (χ3v) is 4.50. The fourth-order valence-electron chi connectivity index (χ4n) is 3.15. The molecule has 1 aliphatic heterocycles. The van der Waals surface area contributed by atoms with Crippen LogP contribution in [0.1, 0.15) is 41.7 Å². The molecule has 1 aliphatic rings. The first-order valence-corrected chi connectivity index (χ1v) is 8.79. The lowest BCUT2D eigenvalue weighted by Gasteiger charge is -2.32. The summed E-state index contributed by atoms with van der Waals surface area (Å²) in [5.74, 6) is 0.446. The van der Waals surface area contributed by atoms with E-state index in [4.69, 9.17) is 10.5 Å². The molecule has 1 fully saturated rings. The molecule has 0 spiro atoms. The van der Waals surface area contributed by atoms with Crippen LogP contribution in [0.2, 0.25) is 0 Å². The highest BCUT2D eigenvalue weighted by atomic mass is 16.5. The summed E-state index contributed by atoms with van der Waals surface area (Å²) in [5, 5.41) is 0. The van der Waals surface area contributed by atoms with Gasteiger partial charge in [0.05, 0.1) is 0 Å². The average Bonchev–Trinajstić information content (AvgIpc) is 2.68. The maximum absolute atomic E-state index is 12.3. The van der Waals surface area contributed by atoms with Gasteiger partial charge in [-0.15, -0.1) is 0 Å². The molecule has 0 saturated carbocycles. The molecule has 2 heterocycles. The number of piperidine rings is 1. The van der Waals surface area contributed by atoms with Gasteiger partial charge in [0.1, 0.15) is 11.4 Å². The van der Waals surface area contributed by atoms with Crippen molar-refractivity contribution in [3.05, 3.63) is 60.1 Å². The van der Waals surface area contributed by atoms with E-state index in [2.05, 4.69) is 16.5 Å². The maximum Gasteiger partial charge on any atom is 0.248 e. The van der Waals surface area contributed by atoms with Crippen molar-refractivity contribution in [2.24, 2.45) is 5.73 Å². The summed E-state index contributed by atoms with van der Waals surface area (Å²) in [4.78, 5) is 34.0. The van der Waals surface area contributed by atoms with E-state index in [1.54, 1.807) is 48.5 Å². The van der Waals surface area contributed by atoms with Gasteiger partial charge in [-0.2, -0.15) is 0 Å². The fraction of sp³-hybridized carbons (Fsp3) is 0.300. The van der Waals surface area contributed by atoms with Crippen LogP contribution in [-0.4, -0.2) is 39.8 Å². The van der Waals surface area contributed by atoms with E-state index in [0.29, 0.717) is 35.9 Å². The van der Waals surface area contributed by atoms with E-state index in [-0.39, 0.29) is 11.8 Å². The summed E-state index contributed by atoms with van der Waals surface area (Å²) in [6, 6.07) is 6.52. The summed E-state index contributed by atoms with van der Waals surface area (Å²) >= 11 is 0. The van der Waals surface area contributed by atoms with Crippen LogP contribution in [0.5, 0.6) is 11.6 Å². The number of nitrogens with zero attached hydrogens (tertiary/aromatic N) is 3. The van der Waals surface area contributed by atoms with Gasteiger partial charge in [-0.1, -0.05) is 6.58 Å². The SMILES string of the molecule is C=C(C)C(=O)N1CCCC(c2nccnc2Oc2ccc(C(N)=O)cc2)C1. The maximum atomic E-state index is 12.3. The van der Waals surface area contributed by atoms with Gasteiger partial charge in [0.25, 0.3) is 0 Å². The summed E-state index contributed by atoms with van der Waals surface area (Å²) in [6.07, 6.45) is 4.97. The average molecular weight is 366 g/mol. The minimum absolute atomic E-state index is 0.0342. The number of likely N-dealkylation sites (tertiary alicyclic amines) is 1. The zero-order valence-corrected chi connectivity index (χ0v) is 15.2. The molecule has 2 N–H and O–H groups in total. The monoisotopic (exact) mass is 366 g/mol. The Morgan fingerprint density at radius 3 is 2.59 bits per heavy atom. The smallest absolute Gasteiger partial charge is 0.248 e. The van der Waals surface area contributed by atoms with Gasteiger partial charge < -0.3 is 15.4 Å².